The fraction of sp³-hybridized carbons (Fsp3) is 0.867. The molecule has 19 heavy (non-hydrogen) atoms. The average Bonchev–Trinajstić information content (AvgIpc) is 2.35. The van der Waals surface area contributed by atoms with E-state index in [2.05, 4.69) is 0 Å². The minimum Gasteiger partial charge on any atom is -0.481 e. The molecule has 4 heteroatoms. The fourth-order valence-corrected chi connectivity index (χ4v) is 2.71. The second kappa shape index (κ2) is 8.18. The Morgan fingerprint density at radius 1 is 1.21 bits per heavy atom. The molecule has 1 unspecified atom stereocenters. The van der Waals surface area contributed by atoms with E-state index >= 15 is 0 Å². The van der Waals surface area contributed by atoms with Crippen LogP contribution in [-0.4, -0.2) is 23.7 Å². The molecule has 0 aromatic carbocycles. The molecule has 1 N–H and O–H groups in total. The van der Waals surface area contributed by atoms with Crippen molar-refractivity contribution in [1.29, 1.82) is 0 Å². The van der Waals surface area contributed by atoms with Crippen LogP contribution in [0.1, 0.15) is 58.8 Å². The molecule has 1 atom stereocenters. The van der Waals surface area contributed by atoms with E-state index < -0.39 is 11.9 Å². The van der Waals surface area contributed by atoms with Crippen molar-refractivity contribution in [3.05, 3.63) is 0 Å². The quantitative estimate of drug-likeness (QED) is 0.721. The number of carbonyl (C=O) groups excluding carboxylic acids is 1. The predicted octanol–water partition coefficient (Wildman–Crippen LogP) is 3.25. The topological polar surface area (TPSA) is 63.6 Å². The van der Waals surface area contributed by atoms with Crippen molar-refractivity contribution in [3.63, 3.8) is 0 Å². The van der Waals surface area contributed by atoms with Gasteiger partial charge in [0.15, 0.2) is 0 Å². The first-order valence-corrected chi connectivity index (χ1v) is 7.37. The highest BCUT2D eigenvalue weighted by Crippen LogP contribution is 2.25. The van der Waals surface area contributed by atoms with E-state index in [1.54, 1.807) is 0 Å². The number of aliphatic carboxylic acids is 1. The van der Waals surface area contributed by atoms with Crippen LogP contribution in [0.5, 0.6) is 0 Å². The number of hydrogen-bond acceptors (Lipinski definition) is 3. The Bertz CT molecular complexity index is 293. The van der Waals surface area contributed by atoms with E-state index in [0.717, 1.165) is 12.8 Å². The predicted molar refractivity (Wildman–Crippen MR) is 72.7 cm³/mol. The van der Waals surface area contributed by atoms with E-state index in [1.807, 2.05) is 13.8 Å². The summed E-state index contributed by atoms with van der Waals surface area (Å²) in [6.07, 6.45) is 6.42. The summed E-state index contributed by atoms with van der Waals surface area (Å²) >= 11 is 0. The van der Waals surface area contributed by atoms with Crippen LogP contribution < -0.4 is 0 Å². The molecule has 0 amide bonds. The van der Waals surface area contributed by atoms with Gasteiger partial charge in [-0.1, -0.05) is 33.1 Å². The van der Waals surface area contributed by atoms with Crippen LogP contribution in [0.3, 0.4) is 0 Å². The van der Waals surface area contributed by atoms with Crippen LogP contribution >= 0.6 is 0 Å². The molecule has 1 aliphatic rings. The molecule has 110 valence electrons. The van der Waals surface area contributed by atoms with E-state index in [-0.39, 0.29) is 12.4 Å². The Balaban J connectivity index is 2.39. The van der Waals surface area contributed by atoms with Crippen LogP contribution in [0.15, 0.2) is 0 Å². The van der Waals surface area contributed by atoms with Gasteiger partial charge in [0.25, 0.3) is 0 Å². The maximum absolute atomic E-state index is 12.0. The number of carboxylic acids is 1. The summed E-state index contributed by atoms with van der Waals surface area (Å²) in [6.45, 7) is 4.44. The minimum atomic E-state index is -0.930. The van der Waals surface area contributed by atoms with E-state index in [9.17, 15) is 9.59 Å². The van der Waals surface area contributed by atoms with Crippen LogP contribution in [-0.2, 0) is 14.3 Å². The van der Waals surface area contributed by atoms with Crippen molar-refractivity contribution in [1.82, 2.24) is 0 Å². The van der Waals surface area contributed by atoms with Crippen LogP contribution in [0.25, 0.3) is 0 Å². The first-order valence-electron chi connectivity index (χ1n) is 7.37. The monoisotopic (exact) mass is 270 g/mol. The number of esters is 1. The summed E-state index contributed by atoms with van der Waals surface area (Å²) in [5.41, 5.74) is 0. The maximum Gasteiger partial charge on any atom is 0.309 e. The van der Waals surface area contributed by atoms with E-state index in [4.69, 9.17) is 9.84 Å². The Morgan fingerprint density at radius 3 is 2.37 bits per heavy atom. The van der Waals surface area contributed by atoms with Gasteiger partial charge in [-0.25, -0.2) is 0 Å². The third-order valence-corrected chi connectivity index (χ3v) is 3.70. The fourth-order valence-electron chi connectivity index (χ4n) is 2.71. The second-order valence-electron chi connectivity index (χ2n) is 6.06. The van der Waals surface area contributed by atoms with Crippen molar-refractivity contribution in [2.75, 3.05) is 6.61 Å². The number of ether oxygens (including phenoxy) is 1. The lowest BCUT2D eigenvalue weighted by Gasteiger charge is -2.23. The highest BCUT2D eigenvalue weighted by molar-refractivity contribution is 5.79. The van der Waals surface area contributed by atoms with Gasteiger partial charge in [-0.15, -0.1) is 0 Å². The zero-order valence-corrected chi connectivity index (χ0v) is 12.1. The number of carbonyl (C=O) groups is 2. The Labute approximate surface area is 115 Å². The van der Waals surface area contributed by atoms with Crippen molar-refractivity contribution in [3.8, 4) is 0 Å². The molecular weight excluding hydrogens is 244 g/mol. The lowest BCUT2D eigenvalue weighted by atomic mass is 9.90. The van der Waals surface area contributed by atoms with Crippen molar-refractivity contribution in [2.24, 2.45) is 17.8 Å². The summed E-state index contributed by atoms with van der Waals surface area (Å²) in [7, 11) is 0. The van der Waals surface area contributed by atoms with Crippen LogP contribution in [0, 0.1) is 17.8 Å². The lowest BCUT2D eigenvalue weighted by molar-refractivity contribution is -0.155. The van der Waals surface area contributed by atoms with E-state index in [0.29, 0.717) is 24.9 Å². The first-order chi connectivity index (χ1) is 8.99. The zero-order valence-electron chi connectivity index (χ0n) is 12.1. The molecular formula is C15H26O4. The highest BCUT2D eigenvalue weighted by Gasteiger charge is 2.25. The molecule has 4 nitrogen and oxygen atoms in total. The number of hydrogen-bond donors (Lipinski definition) is 1. The van der Waals surface area contributed by atoms with Crippen LogP contribution in [0.4, 0.5) is 0 Å². The molecule has 0 aromatic heterocycles. The third-order valence-electron chi connectivity index (χ3n) is 3.70. The van der Waals surface area contributed by atoms with Gasteiger partial charge in [0.05, 0.1) is 18.9 Å². The van der Waals surface area contributed by atoms with Gasteiger partial charge in [-0.2, -0.15) is 0 Å². The van der Waals surface area contributed by atoms with Gasteiger partial charge in [0.1, 0.15) is 0 Å². The Morgan fingerprint density at radius 2 is 1.84 bits per heavy atom. The largest absolute Gasteiger partial charge is 0.481 e. The molecule has 0 aliphatic heterocycles. The molecule has 1 fully saturated rings. The molecule has 1 rings (SSSR count). The van der Waals surface area contributed by atoms with Gasteiger partial charge in [0, 0.05) is 0 Å². The summed E-state index contributed by atoms with van der Waals surface area (Å²) in [6, 6.07) is 0. The van der Waals surface area contributed by atoms with Gasteiger partial charge < -0.3 is 9.84 Å². The number of carboxylic acid groups (broad SMARTS) is 1. The van der Waals surface area contributed by atoms with Crippen LogP contribution in [0.2, 0.25) is 0 Å². The Kier molecular flexibility index (Phi) is 6.89. The molecule has 0 bridgehead atoms. The highest BCUT2D eigenvalue weighted by atomic mass is 16.5. The summed E-state index contributed by atoms with van der Waals surface area (Å²) < 4.78 is 5.34. The zero-order chi connectivity index (χ0) is 14.3. The first kappa shape index (κ1) is 16.0. The molecule has 1 saturated carbocycles. The normalized spacial score (nSPS) is 18.3. The van der Waals surface area contributed by atoms with Gasteiger partial charge >= 0.3 is 11.9 Å². The smallest absolute Gasteiger partial charge is 0.309 e. The summed E-state index contributed by atoms with van der Waals surface area (Å²) in [4.78, 5) is 22.8. The standard InChI is InChI=1S/C15H26O4/c1-11(2)8-13(9-14(16)17)15(18)19-10-12-6-4-3-5-7-12/h11-13H,3-10H2,1-2H3,(H,16,17). The Hall–Kier alpha value is -1.06. The van der Waals surface area contributed by atoms with Gasteiger partial charge in [0.2, 0.25) is 0 Å². The molecule has 0 aromatic rings. The molecule has 0 saturated heterocycles. The van der Waals surface area contributed by atoms with Gasteiger partial charge in [-0.05, 0) is 31.1 Å². The lowest BCUT2D eigenvalue weighted by Crippen LogP contribution is -2.25. The summed E-state index contributed by atoms with van der Waals surface area (Å²) in [5.74, 6) is -0.989. The number of rotatable bonds is 7. The SMILES string of the molecule is CC(C)CC(CC(=O)O)C(=O)OCC1CCCCC1. The maximum atomic E-state index is 12.0. The molecule has 1 aliphatic carbocycles. The van der Waals surface area contributed by atoms with Crippen molar-refractivity contribution < 1.29 is 19.4 Å². The van der Waals surface area contributed by atoms with Gasteiger partial charge in [-0.3, -0.25) is 9.59 Å². The molecule has 0 spiro atoms. The van der Waals surface area contributed by atoms with Crippen molar-refractivity contribution >= 4 is 11.9 Å². The second-order valence-corrected chi connectivity index (χ2v) is 6.06. The summed E-state index contributed by atoms with van der Waals surface area (Å²) in [5, 5.41) is 8.85. The van der Waals surface area contributed by atoms with Crippen molar-refractivity contribution in [2.45, 2.75) is 58.8 Å². The molecule has 0 heterocycles. The average molecular weight is 270 g/mol. The van der Waals surface area contributed by atoms with E-state index in [1.165, 1.54) is 19.3 Å². The molecule has 0 radical (unpaired) electrons. The minimum absolute atomic E-state index is 0.123. The third kappa shape index (κ3) is 6.60.